The third kappa shape index (κ3) is 7.59. The van der Waals surface area contributed by atoms with E-state index in [4.69, 9.17) is 13.6 Å². The van der Waals surface area contributed by atoms with Crippen LogP contribution in [0, 0.1) is 0 Å². The van der Waals surface area contributed by atoms with Crippen molar-refractivity contribution in [3.63, 3.8) is 0 Å². The van der Waals surface area contributed by atoms with Crippen LogP contribution in [0.15, 0.2) is 10.6 Å². The predicted molar refractivity (Wildman–Crippen MR) is 58.8 cm³/mol. The fraction of sp³-hybridized carbons (Fsp3) is 0.750. The van der Waals surface area contributed by atoms with Gasteiger partial charge in [0.05, 0.1) is 19.8 Å². The smallest absolute Gasteiger partial charge is 0.313 e. The standard InChI is InChI=1S/C8H16BrO3P/c1-4-10-13(11-5-2)12-7-8(3)6-9/h6H,4-5,7H2,1-3H3/b8-6+. The van der Waals surface area contributed by atoms with Gasteiger partial charge in [0, 0.05) is 0 Å². The fourth-order valence-corrected chi connectivity index (χ4v) is 1.60. The molecular weight excluding hydrogens is 255 g/mol. The average Bonchev–Trinajstić information content (AvgIpc) is 2.14. The molecule has 0 aliphatic heterocycles. The topological polar surface area (TPSA) is 27.7 Å². The Balaban J connectivity index is 3.67. The van der Waals surface area contributed by atoms with Crippen molar-refractivity contribution in [2.24, 2.45) is 0 Å². The third-order valence-electron chi connectivity index (χ3n) is 1.05. The maximum absolute atomic E-state index is 5.40. The van der Waals surface area contributed by atoms with Crippen LogP contribution in [0.3, 0.4) is 0 Å². The Hall–Kier alpha value is 0.530. The highest BCUT2D eigenvalue weighted by Crippen LogP contribution is 2.39. The molecule has 0 aliphatic carbocycles. The molecule has 0 bridgehead atoms. The molecule has 0 rings (SSSR count). The van der Waals surface area contributed by atoms with Crippen molar-refractivity contribution >= 4 is 24.5 Å². The van der Waals surface area contributed by atoms with Gasteiger partial charge in [-0.1, -0.05) is 15.9 Å². The highest BCUT2D eigenvalue weighted by molar-refractivity contribution is 9.11. The van der Waals surface area contributed by atoms with E-state index < -0.39 is 8.60 Å². The quantitative estimate of drug-likeness (QED) is 0.662. The molecule has 13 heavy (non-hydrogen) atoms. The summed E-state index contributed by atoms with van der Waals surface area (Å²) in [6.45, 7) is 7.58. The fourth-order valence-electron chi connectivity index (χ4n) is 0.509. The van der Waals surface area contributed by atoms with E-state index in [1.165, 1.54) is 0 Å². The van der Waals surface area contributed by atoms with Crippen molar-refractivity contribution in [2.45, 2.75) is 20.8 Å². The Morgan fingerprint density at radius 1 is 1.23 bits per heavy atom. The average molecular weight is 271 g/mol. The molecule has 0 N–H and O–H groups in total. The van der Waals surface area contributed by atoms with Gasteiger partial charge in [0.25, 0.3) is 0 Å². The molecule has 3 nitrogen and oxygen atoms in total. The molecule has 0 radical (unpaired) electrons. The van der Waals surface area contributed by atoms with E-state index in [1.54, 1.807) is 0 Å². The Morgan fingerprint density at radius 2 is 1.77 bits per heavy atom. The molecule has 0 heterocycles. The summed E-state index contributed by atoms with van der Waals surface area (Å²) in [5, 5.41) is 0. The van der Waals surface area contributed by atoms with Gasteiger partial charge in [0.2, 0.25) is 0 Å². The summed E-state index contributed by atoms with van der Waals surface area (Å²) in [5.74, 6) is 0. The molecule has 0 amide bonds. The molecular formula is C8H16BrO3P. The number of hydrogen-bond acceptors (Lipinski definition) is 3. The number of rotatable bonds is 7. The first-order chi connectivity index (χ1) is 6.24. The van der Waals surface area contributed by atoms with Crippen molar-refractivity contribution in [1.82, 2.24) is 0 Å². The Morgan fingerprint density at radius 3 is 2.15 bits per heavy atom. The lowest BCUT2D eigenvalue weighted by atomic mass is 10.4. The largest absolute Gasteiger partial charge is 0.332 e. The van der Waals surface area contributed by atoms with Crippen LogP contribution in [0.25, 0.3) is 0 Å². The monoisotopic (exact) mass is 270 g/mol. The van der Waals surface area contributed by atoms with Gasteiger partial charge in [-0.25, -0.2) is 0 Å². The van der Waals surface area contributed by atoms with Gasteiger partial charge in [-0.3, -0.25) is 0 Å². The summed E-state index contributed by atoms with van der Waals surface area (Å²) in [7, 11) is -1.16. The summed E-state index contributed by atoms with van der Waals surface area (Å²) >= 11 is 3.23. The molecule has 0 unspecified atom stereocenters. The minimum absolute atomic E-state index is 0.539. The number of hydrogen-bond donors (Lipinski definition) is 0. The predicted octanol–water partition coefficient (Wildman–Crippen LogP) is 3.60. The zero-order valence-electron chi connectivity index (χ0n) is 8.25. The van der Waals surface area contributed by atoms with E-state index in [0.29, 0.717) is 19.8 Å². The molecule has 0 aromatic rings. The van der Waals surface area contributed by atoms with E-state index in [1.807, 2.05) is 25.8 Å². The highest BCUT2D eigenvalue weighted by Gasteiger charge is 2.09. The van der Waals surface area contributed by atoms with Gasteiger partial charge in [-0.15, -0.1) is 0 Å². The summed E-state index contributed by atoms with van der Waals surface area (Å²) in [5.41, 5.74) is 1.10. The molecule has 0 atom stereocenters. The lowest BCUT2D eigenvalue weighted by molar-refractivity contribution is 0.179. The molecule has 0 saturated carbocycles. The first kappa shape index (κ1) is 13.5. The maximum atomic E-state index is 5.40. The second-order valence-electron chi connectivity index (χ2n) is 2.29. The molecule has 0 spiro atoms. The zero-order valence-corrected chi connectivity index (χ0v) is 10.7. The van der Waals surface area contributed by atoms with E-state index in [-0.39, 0.29) is 0 Å². The van der Waals surface area contributed by atoms with Crippen LogP contribution in [-0.2, 0) is 13.6 Å². The Bertz CT molecular complexity index is 146. The van der Waals surface area contributed by atoms with E-state index >= 15 is 0 Å². The molecule has 0 fully saturated rings. The first-order valence-corrected chi connectivity index (χ1v) is 6.20. The van der Waals surface area contributed by atoms with Crippen molar-refractivity contribution < 1.29 is 13.6 Å². The molecule has 0 saturated heterocycles. The van der Waals surface area contributed by atoms with Crippen LogP contribution in [0.4, 0.5) is 0 Å². The van der Waals surface area contributed by atoms with Crippen LogP contribution in [0.2, 0.25) is 0 Å². The van der Waals surface area contributed by atoms with E-state index in [2.05, 4.69) is 15.9 Å². The van der Waals surface area contributed by atoms with Gasteiger partial charge in [0.15, 0.2) is 0 Å². The minimum atomic E-state index is -1.16. The van der Waals surface area contributed by atoms with Gasteiger partial charge in [-0.05, 0) is 31.3 Å². The number of halogens is 1. The second kappa shape index (κ2) is 9.10. The van der Waals surface area contributed by atoms with Crippen molar-refractivity contribution in [1.29, 1.82) is 0 Å². The molecule has 0 aromatic carbocycles. The Labute approximate surface area is 89.6 Å². The summed E-state index contributed by atoms with van der Waals surface area (Å²) < 4.78 is 15.9. The van der Waals surface area contributed by atoms with Gasteiger partial charge in [-0.2, -0.15) is 0 Å². The molecule has 78 valence electrons. The maximum Gasteiger partial charge on any atom is 0.332 e. The summed E-state index contributed by atoms with van der Waals surface area (Å²) in [6.07, 6.45) is 0. The lowest BCUT2D eigenvalue weighted by Gasteiger charge is -2.14. The normalized spacial score (nSPS) is 12.5. The first-order valence-electron chi connectivity index (χ1n) is 4.19. The van der Waals surface area contributed by atoms with Gasteiger partial charge in [0.1, 0.15) is 0 Å². The van der Waals surface area contributed by atoms with Crippen molar-refractivity contribution in [3.8, 4) is 0 Å². The third-order valence-corrected chi connectivity index (χ3v) is 3.11. The Kier molecular flexibility index (Phi) is 9.47. The summed E-state index contributed by atoms with van der Waals surface area (Å²) in [4.78, 5) is 1.83. The second-order valence-corrected chi connectivity index (χ2v) is 3.97. The summed E-state index contributed by atoms with van der Waals surface area (Å²) in [6, 6.07) is 0. The van der Waals surface area contributed by atoms with Crippen molar-refractivity contribution in [2.75, 3.05) is 19.8 Å². The van der Waals surface area contributed by atoms with Gasteiger partial charge < -0.3 is 13.6 Å². The SMILES string of the molecule is CCOP(OCC)OC/C(C)=C/Br. The van der Waals surface area contributed by atoms with Crippen LogP contribution in [0.1, 0.15) is 20.8 Å². The minimum Gasteiger partial charge on any atom is -0.313 e. The van der Waals surface area contributed by atoms with E-state index in [9.17, 15) is 0 Å². The van der Waals surface area contributed by atoms with Gasteiger partial charge >= 0.3 is 8.60 Å². The molecule has 5 heteroatoms. The van der Waals surface area contributed by atoms with E-state index in [0.717, 1.165) is 5.57 Å². The highest BCUT2D eigenvalue weighted by atomic mass is 79.9. The zero-order chi connectivity index (χ0) is 10.1. The molecule has 0 aliphatic rings. The van der Waals surface area contributed by atoms with Crippen LogP contribution < -0.4 is 0 Å². The van der Waals surface area contributed by atoms with Crippen LogP contribution >= 0.6 is 24.5 Å². The van der Waals surface area contributed by atoms with Crippen molar-refractivity contribution in [3.05, 3.63) is 10.6 Å². The van der Waals surface area contributed by atoms with Crippen LogP contribution in [-0.4, -0.2) is 19.8 Å². The lowest BCUT2D eigenvalue weighted by Crippen LogP contribution is -1.97. The molecule has 0 aromatic heterocycles. The van der Waals surface area contributed by atoms with Crippen LogP contribution in [0.5, 0.6) is 0 Å².